The number of carbonyl (C=O) groups excluding carboxylic acids is 1. The second kappa shape index (κ2) is 16.2. The average Bonchev–Trinajstić information content (AvgIpc) is 2.48. The molecule has 0 rings (SSSR count). The fraction of sp³-hybridized carbons (Fsp3) is 0.941. The summed E-state index contributed by atoms with van der Waals surface area (Å²) in [6, 6.07) is -0.504. The van der Waals surface area contributed by atoms with Gasteiger partial charge in [0, 0.05) is 0 Å². The number of hydrogen-bond acceptors (Lipinski definition) is 4. The van der Waals surface area contributed by atoms with Gasteiger partial charge in [0.1, 0.15) is 6.04 Å². The third kappa shape index (κ3) is 14.5. The Morgan fingerprint density at radius 3 is 1.90 bits per heavy atom. The van der Waals surface area contributed by atoms with Crippen molar-refractivity contribution < 1.29 is 9.53 Å². The molecule has 0 aliphatic rings. The first kappa shape index (κ1) is 20.8. The highest BCUT2D eigenvalue weighted by Crippen LogP contribution is 2.11. The maximum atomic E-state index is 11.4. The lowest BCUT2D eigenvalue weighted by atomic mass is 10.1. The second-order valence-electron chi connectivity index (χ2n) is 5.82. The zero-order chi connectivity index (χ0) is 15.8. The van der Waals surface area contributed by atoms with Crippen LogP contribution in [0.1, 0.15) is 84.0 Å². The summed E-state index contributed by atoms with van der Waals surface area (Å²) in [5.74, 6) is 0.338. The minimum atomic E-state index is -0.504. The van der Waals surface area contributed by atoms with Gasteiger partial charge in [-0.2, -0.15) is 12.6 Å². The first-order chi connectivity index (χ1) is 10.2. The van der Waals surface area contributed by atoms with Gasteiger partial charge in [-0.3, -0.25) is 4.79 Å². The topological polar surface area (TPSA) is 52.3 Å². The highest BCUT2D eigenvalue weighted by molar-refractivity contribution is 7.80. The van der Waals surface area contributed by atoms with Crippen LogP contribution in [0.5, 0.6) is 0 Å². The van der Waals surface area contributed by atoms with Gasteiger partial charge in [0.2, 0.25) is 0 Å². The fourth-order valence-electron chi connectivity index (χ4n) is 2.30. The van der Waals surface area contributed by atoms with Crippen LogP contribution in [0.15, 0.2) is 0 Å². The van der Waals surface area contributed by atoms with Crippen LogP contribution in [0, 0.1) is 0 Å². The number of nitrogens with two attached hydrogens (primary N) is 1. The van der Waals surface area contributed by atoms with Gasteiger partial charge in [-0.1, -0.05) is 71.1 Å². The third-order valence-electron chi connectivity index (χ3n) is 3.74. The Morgan fingerprint density at radius 2 is 1.43 bits per heavy atom. The molecule has 2 N–H and O–H groups in total. The highest BCUT2D eigenvalue weighted by Gasteiger charge is 2.13. The molecule has 4 heteroatoms. The van der Waals surface area contributed by atoms with E-state index in [0.717, 1.165) is 12.8 Å². The van der Waals surface area contributed by atoms with Gasteiger partial charge in [-0.25, -0.2) is 0 Å². The molecule has 0 aromatic heterocycles. The predicted octanol–water partition coefficient (Wildman–Crippen LogP) is 4.49. The summed E-state index contributed by atoms with van der Waals surface area (Å²) in [4.78, 5) is 11.4. The molecule has 0 fully saturated rings. The van der Waals surface area contributed by atoms with Gasteiger partial charge in [0.05, 0.1) is 6.61 Å². The lowest BCUT2D eigenvalue weighted by molar-refractivity contribution is -0.145. The molecular formula is C17H35NO2S. The van der Waals surface area contributed by atoms with Crippen molar-refractivity contribution in [3.63, 3.8) is 0 Å². The van der Waals surface area contributed by atoms with Crippen LogP contribution in [-0.2, 0) is 9.53 Å². The number of thiol groups is 1. The molecule has 0 aromatic carbocycles. The van der Waals surface area contributed by atoms with Gasteiger partial charge in [-0.05, 0) is 18.6 Å². The maximum absolute atomic E-state index is 11.4. The van der Waals surface area contributed by atoms with E-state index in [1.165, 1.54) is 57.8 Å². The summed E-state index contributed by atoms with van der Waals surface area (Å²) in [6.07, 6.45) is 14.8. The molecule has 0 unspecified atom stereocenters. The molecule has 0 aromatic rings. The summed E-state index contributed by atoms with van der Waals surface area (Å²) >= 11 is 4.06. The van der Waals surface area contributed by atoms with E-state index in [-0.39, 0.29) is 5.97 Å². The number of unbranched alkanes of at least 4 members (excludes halogenated alkanes) is 10. The maximum Gasteiger partial charge on any atom is 0.322 e. The summed E-state index contributed by atoms with van der Waals surface area (Å²) in [5, 5.41) is 0. The molecule has 0 saturated heterocycles. The molecule has 0 amide bonds. The second-order valence-corrected chi connectivity index (χ2v) is 6.27. The van der Waals surface area contributed by atoms with Crippen molar-refractivity contribution in [2.75, 3.05) is 12.4 Å². The van der Waals surface area contributed by atoms with Crippen LogP contribution < -0.4 is 5.73 Å². The van der Waals surface area contributed by atoms with E-state index < -0.39 is 6.04 Å². The summed E-state index contributed by atoms with van der Waals surface area (Å²) in [5.41, 5.74) is 5.64. The van der Waals surface area contributed by atoms with Crippen LogP contribution in [0.3, 0.4) is 0 Å². The molecule has 0 aliphatic heterocycles. The number of hydrogen-bond donors (Lipinski definition) is 2. The van der Waals surface area contributed by atoms with Crippen molar-refractivity contribution in [1.29, 1.82) is 0 Å². The molecule has 0 spiro atoms. The van der Waals surface area contributed by atoms with Gasteiger partial charge in [-0.15, -0.1) is 0 Å². The molecule has 0 heterocycles. The van der Waals surface area contributed by atoms with Crippen molar-refractivity contribution in [1.82, 2.24) is 0 Å². The van der Waals surface area contributed by atoms with E-state index in [2.05, 4.69) is 19.6 Å². The molecule has 0 bridgehead atoms. The molecule has 126 valence electrons. The molecule has 0 radical (unpaired) electrons. The Balaban J connectivity index is 3.17. The lowest BCUT2D eigenvalue weighted by Crippen LogP contribution is -2.32. The fourth-order valence-corrected chi connectivity index (χ4v) is 2.58. The van der Waals surface area contributed by atoms with Crippen LogP contribution in [0.25, 0.3) is 0 Å². The Morgan fingerprint density at radius 1 is 0.952 bits per heavy atom. The van der Waals surface area contributed by atoms with Crippen molar-refractivity contribution in [3.8, 4) is 0 Å². The summed E-state index contributed by atoms with van der Waals surface area (Å²) in [6.45, 7) is 2.77. The van der Waals surface area contributed by atoms with Crippen molar-refractivity contribution in [3.05, 3.63) is 0 Å². The Labute approximate surface area is 136 Å². The van der Waals surface area contributed by atoms with Gasteiger partial charge in [0.15, 0.2) is 0 Å². The molecule has 3 nitrogen and oxygen atoms in total. The Kier molecular flexibility index (Phi) is 16.0. The zero-order valence-corrected chi connectivity index (χ0v) is 14.7. The molecule has 0 aliphatic carbocycles. The van der Waals surface area contributed by atoms with Crippen molar-refractivity contribution in [2.45, 2.75) is 90.0 Å². The molecule has 0 saturated carbocycles. The first-order valence-corrected chi connectivity index (χ1v) is 9.38. The third-order valence-corrected chi connectivity index (χ3v) is 3.99. The zero-order valence-electron chi connectivity index (χ0n) is 13.8. The van der Waals surface area contributed by atoms with E-state index in [9.17, 15) is 4.79 Å². The lowest BCUT2D eigenvalue weighted by Gasteiger charge is -2.10. The number of rotatable bonds is 15. The standard InChI is InChI=1S/C17H35NO2S/c1-2-3-4-5-6-7-8-9-10-11-12-14-20-17(19)16(18)13-15-21/h16,21H,2-15,18H2,1H3/t16-/m0/s1. The minimum absolute atomic E-state index is 0.281. The number of esters is 1. The van der Waals surface area contributed by atoms with Gasteiger partial charge in [0.25, 0.3) is 0 Å². The van der Waals surface area contributed by atoms with Crippen molar-refractivity contribution >= 4 is 18.6 Å². The normalized spacial score (nSPS) is 12.3. The largest absolute Gasteiger partial charge is 0.465 e. The van der Waals surface area contributed by atoms with E-state index in [0.29, 0.717) is 18.8 Å². The minimum Gasteiger partial charge on any atom is -0.465 e. The van der Waals surface area contributed by atoms with E-state index in [1.54, 1.807) is 0 Å². The SMILES string of the molecule is CCCCCCCCCCCCCOC(=O)[C@@H](N)CCS. The van der Waals surface area contributed by atoms with Crippen LogP contribution in [0.2, 0.25) is 0 Å². The first-order valence-electron chi connectivity index (χ1n) is 8.75. The van der Waals surface area contributed by atoms with Crippen LogP contribution in [-0.4, -0.2) is 24.4 Å². The Hall–Kier alpha value is -0.220. The van der Waals surface area contributed by atoms with Gasteiger partial charge < -0.3 is 10.5 Å². The van der Waals surface area contributed by atoms with Crippen LogP contribution in [0.4, 0.5) is 0 Å². The summed E-state index contributed by atoms with van der Waals surface area (Å²) < 4.78 is 5.14. The predicted molar refractivity (Wildman–Crippen MR) is 93.9 cm³/mol. The average molecular weight is 318 g/mol. The quantitative estimate of drug-likeness (QED) is 0.266. The van der Waals surface area contributed by atoms with Crippen molar-refractivity contribution in [2.24, 2.45) is 5.73 Å². The molecular weight excluding hydrogens is 282 g/mol. The van der Waals surface area contributed by atoms with E-state index in [1.807, 2.05) is 0 Å². The Bertz CT molecular complexity index is 237. The summed E-state index contributed by atoms with van der Waals surface area (Å²) in [7, 11) is 0. The smallest absolute Gasteiger partial charge is 0.322 e. The van der Waals surface area contributed by atoms with E-state index >= 15 is 0 Å². The molecule has 1 atom stereocenters. The number of ether oxygens (including phenoxy) is 1. The number of carbonyl (C=O) groups is 1. The highest BCUT2D eigenvalue weighted by atomic mass is 32.1. The van der Waals surface area contributed by atoms with Gasteiger partial charge >= 0.3 is 5.97 Å². The van der Waals surface area contributed by atoms with Crippen LogP contribution >= 0.6 is 12.6 Å². The van der Waals surface area contributed by atoms with E-state index in [4.69, 9.17) is 10.5 Å². The monoisotopic (exact) mass is 317 g/mol. The molecule has 21 heavy (non-hydrogen) atoms.